The molecule has 0 aliphatic heterocycles. The second-order valence-corrected chi connectivity index (χ2v) is 4.40. The molecule has 1 heterocycles. The minimum Gasteiger partial charge on any atom is -0.460 e. The maximum absolute atomic E-state index is 13.5. The van der Waals surface area contributed by atoms with Crippen molar-refractivity contribution in [3.8, 4) is 11.3 Å². The Labute approximate surface area is 105 Å². The van der Waals surface area contributed by atoms with Crippen LogP contribution in [0.15, 0.2) is 34.7 Å². The summed E-state index contributed by atoms with van der Waals surface area (Å²) in [6, 6.07) is 7.39. The van der Waals surface area contributed by atoms with Gasteiger partial charge in [0, 0.05) is 6.04 Å². The molecule has 1 N–H and O–H groups in total. The summed E-state index contributed by atoms with van der Waals surface area (Å²) < 4.78 is 32.5. The molecular formula is C14H15F2NO. The third-order valence-electron chi connectivity index (χ3n) is 2.56. The third-order valence-corrected chi connectivity index (χ3v) is 2.56. The highest BCUT2D eigenvalue weighted by atomic mass is 19.1. The van der Waals surface area contributed by atoms with Crippen LogP contribution in [0.5, 0.6) is 0 Å². The molecule has 0 saturated heterocycles. The SMILES string of the molecule is CC(C)NCc1ccc(-c2c(F)cccc2F)o1. The van der Waals surface area contributed by atoms with E-state index in [1.165, 1.54) is 18.2 Å². The molecule has 0 fully saturated rings. The molecule has 2 nitrogen and oxygen atoms in total. The molecule has 0 aliphatic carbocycles. The highest BCUT2D eigenvalue weighted by Crippen LogP contribution is 2.27. The van der Waals surface area contributed by atoms with Crippen LogP contribution in [0.25, 0.3) is 11.3 Å². The summed E-state index contributed by atoms with van der Waals surface area (Å²) in [6.07, 6.45) is 0. The molecule has 0 atom stereocenters. The fraction of sp³-hybridized carbons (Fsp3) is 0.286. The van der Waals surface area contributed by atoms with Crippen molar-refractivity contribution in [1.82, 2.24) is 5.32 Å². The van der Waals surface area contributed by atoms with E-state index in [0.717, 1.165) is 0 Å². The molecule has 4 heteroatoms. The van der Waals surface area contributed by atoms with E-state index in [1.54, 1.807) is 12.1 Å². The van der Waals surface area contributed by atoms with Gasteiger partial charge in [-0.25, -0.2) is 8.78 Å². The average molecular weight is 251 g/mol. The zero-order valence-electron chi connectivity index (χ0n) is 10.3. The van der Waals surface area contributed by atoms with E-state index in [0.29, 0.717) is 18.3 Å². The Morgan fingerprint density at radius 2 is 1.78 bits per heavy atom. The smallest absolute Gasteiger partial charge is 0.140 e. The number of furan rings is 1. The van der Waals surface area contributed by atoms with Gasteiger partial charge in [0.1, 0.15) is 23.2 Å². The molecule has 0 aliphatic rings. The van der Waals surface area contributed by atoms with Crippen molar-refractivity contribution < 1.29 is 13.2 Å². The molecule has 2 aromatic rings. The predicted molar refractivity (Wildman–Crippen MR) is 66.0 cm³/mol. The highest BCUT2D eigenvalue weighted by molar-refractivity contribution is 5.59. The van der Waals surface area contributed by atoms with Gasteiger partial charge in [-0.2, -0.15) is 0 Å². The molecule has 0 unspecified atom stereocenters. The van der Waals surface area contributed by atoms with E-state index in [-0.39, 0.29) is 11.3 Å². The van der Waals surface area contributed by atoms with Gasteiger partial charge < -0.3 is 9.73 Å². The molecule has 0 amide bonds. The van der Waals surface area contributed by atoms with Gasteiger partial charge in [0.2, 0.25) is 0 Å². The first-order chi connectivity index (χ1) is 8.58. The van der Waals surface area contributed by atoms with Crippen molar-refractivity contribution >= 4 is 0 Å². The molecule has 0 radical (unpaired) electrons. The number of hydrogen-bond donors (Lipinski definition) is 1. The molecular weight excluding hydrogens is 236 g/mol. The van der Waals surface area contributed by atoms with Gasteiger partial charge in [0.05, 0.1) is 12.1 Å². The maximum atomic E-state index is 13.5. The lowest BCUT2D eigenvalue weighted by Gasteiger charge is -2.05. The molecule has 18 heavy (non-hydrogen) atoms. The second kappa shape index (κ2) is 5.31. The van der Waals surface area contributed by atoms with Gasteiger partial charge >= 0.3 is 0 Å². The first kappa shape index (κ1) is 12.8. The first-order valence-corrected chi connectivity index (χ1v) is 5.84. The van der Waals surface area contributed by atoms with Crippen molar-refractivity contribution in [3.63, 3.8) is 0 Å². The summed E-state index contributed by atoms with van der Waals surface area (Å²) in [5.41, 5.74) is -0.117. The van der Waals surface area contributed by atoms with E-state index in [2.05, 4.69) is 5.32 Å². The van der Waals surface area contributed by atoms with Gasteiger partial charge in [0.25, 0.3) is 0 Å². The van der Waals surface area contributed by atoms with Crippen LogP contribution in [0, 0.1) is 11.6 Å². The summed E-state index contributed by atoms with van der Waals surface area (Å²) >= 11 is 0. The number of halogens is 2. The third kappa shape index (κ3) is 2.76. The van der Waals surface area contributed by atoms with Crippen molar-refractivity contribution in [3.05, 3.63) is 47.7 Å². The van der Waals surface area contributed by atoms with E-state index < -0.39 is 11.6 Å². The van der Waals surface area contributed by atoms with Crippen LogP contribution in [0.2, 0.25) is 0 Å². The molecule has 0 saturated carbocycles. The zero-order valence-corrected chi connectivity index (χ0v) is 10.3. The van der Waals surface area contributed by atoms with Crippen molar-refractivity contribution in [1.29, 1.82) is 0 Å². The Kier molecular flexibility index (Phi) is 3.77. The monoisotopic (exact) mass is 251 g/mol. The van der Waals surface area contributed by atoms with E-state index >= 15 is 0 Å². The predicted octanol–water partition coefficient (Wildman–Crippen LogP) is 3.72. The Bertz CT molecular complexity index is 514. The van der Waals surface area contributed by atoms with Crippen molar-refractivity contribution in [2.24, 2.45) is 0 Å². The Morgan fingerprint density at radius 3 is 2.39 bits per heavy atom. The van der Waals surface area contributed by atoms with Crippen LogP contribution < -0.4 is 5.32 Å². The largest absolute Gasteiger partial charge is 0.460 e. The van der Waals surface area contributed by atoms with Crippen LogP contribution in [0.3, 0.4) is 0 Å². The van der Waals surface area contributed by atoms with E-state index in [1.807, 2.05) is 13.8 Å². The Balaban J connectivity index is 2.24. The fourth-order valence-corrected chi connectivity index (χ4v) is 1.65. The molecule has 2 rings (SSSR count). The minimum absolute atomic E-state index is 0.117. The van der Waals surface area contributed by atoms with Crippen molar-refractivity contribution in [2.75, 3.05) is 0 Å². The summed E-state index contributed by atoms with van der Waals surface area (Å²) in [5.74, 6) is -0.368. The highest BCUT2D eigenvalue weighted by Gasteiger charge is 2.14. The minimum atomic E-state index is -0.618. The summed E-state index contributed by atoms with van der Waals surface area (Å²) in [6.45, 7) is 4.56. The summed E-state index contributed by atoms with van der Waals surface area (Å²) in [7, 11) is 0. The van der Waals surface area contributed by atoms with Crippen molar-refractivity contribution in [2.45, 2.75) is 26.4 Å². The lowest BCUT2D eigenvalue weighted by Crippen LogP contribution is -2.21. The quantitative estimate of drug-likeness (QED) is 0.895. The maximum Gasteiger partial charge on any atom is 0.140 e. The summed E-state index contributed by atoms with van der Waals surface area (Å²) in [4.78, 5) is 0. The zero-order chi connectivity index (χ0) is 13.1. The van der Waals surface area contributed by atoms with E-state index in [9.17, 15) is 8.78 Å². The normalized spacial score (nSPS) is 11.2. The number of nitrogens with one attached hydrogen (secondary N) is 1. The number of benzene rings is 1. The van der Waals surface area contributed by atoms with Crippen LogP contribution in [0.1, 0.15) is 19.6 Å². The number of hydrogen-bond acceptors (Lipinski definition) is 2. The Hall–Kier alpha value is -1.68. The van der Waals surface area contributed by atoms with E-state index in [4.69, 9.17) is 4.42 Å². The molecule has 96 valence electrons. The van der Waals surface area contributed by atoms with Crippen LogP contribution in [-0.4, -0.2) is 6.04 Å². The van der Waals surface area contributed by atoms with Gasteiger partial charge in [-0.15, -0.1) is 0 Å². The Morgan fingerprint density at radius 1 is 1.11 bits per heavy atom. The van der Waals surface area contributed by atoms with Crippen LogP contribution in [0.4, 0.5) is 8.78 Å². The first-order valence-electron chi connectivity index (χ1n) is 5.84. The van der Waals surface area contributed by atoms with Gasteiger partial charge in [-0.3, -0.25) is 0 Å². The molecule has 0 spiro atoms. The number of rotatable bonds is 4. The van der Waals surface area contributed by atoms with Crippen LogP contribution >= 0.6 is 0 Å². The van der Waals surface area contributed by atoms with Crippen LogP contribution in [-0.2, 0) is 6.54 Å². The molecule has 1 aromatic heterocycles. The lowest BCUT2D eigenvalue weighted by atomic mass is 10.1. The molecule has 1 aromatic carbocycles. The standard InChI is InChI=1S/C14H15F2NO/c1-9(2)17-8-10-6-7-13(18-10)14-11(15)4-3-5-12(14)16/h3-7,9,17H,8H2,1-2H3. The van der Waals surface area contributed by atoms with Gasteiger partial charge in [-0.05, 0) is 24.3 Å². The molecule has 0 bridgehead atoms. The lowest BCUT2D eigenvalue weighted by molar-refractivity contribution is 0.468. The topological polar surface area (TPSA) is 25.2 Å². The second-order valence-electron chi connectivity index (χ2n) is 4.40. The summed E-state index contributed by atoms with van der Waals surface area (Å²) in [5, 5.41) is 3.17. The fourth-order valence-electron chi connectivity index (χ4n) is 1.65. The average Bonchev–Trinajstić information content (AvgIpc) is 2.75. The van der Waals surface area contributed by atoms with Gasteiger partial charge in [0.15, 0.2) is 0 Å². The van der Waals surface area contributed by atoms with Gasteiger partial charge in [-0.1, -0.05) is 19.9 Å².